The van der Waals surface area contributed by atoms with Crippen LogP contribution in [0.1, 0.15) is 33.6 Å². The van der Waals surface area contributed by atoms with Gasteiger partial charge in [-0.05, 0) is 33.6 Å². The van der Waals surface area contributed by atoms with E-state index in [1.54, 1.807) is 0 Å². The summed E-state index contributed by atoms with van der Waals surface area (Å²) < 4.78 is 0. The number of hydrogen-bond acceptors (Lipinski definition) is 1. The quantitative estimate of drug-likeness (QED) is 0.590. The van der Waals surface area contributed by atoms with E-state index in [-0.39, 0.29) is 0 Å². The summed E-state index contributed by atoms with van der Waals surface area (Å²) in [5.74, 6) is 0. The van der Waals surface area contributed by atoms with Crippen LogP contribution in [0.4, 0.5) is 0 Å². The fourth-order valence-corrected chi connectivity index (χ4v) is 0.866. The first-order valence-corrected chi connectivity index (χ1v) is 4.01. The number of hydrogen-bond donors (Lipinski definition) is 1. The topological polar surface area (TPSA) is 12.0 Å². The summed E-state index contributed by atoms with van der Waals surface area (Å²) >= 11 is 0. The zero-order chi connectivity index (χ0) is 7.61. The smallest absolute Gasteiger partial charge is 0.0157 e. The summed E-state index contributed by atoms with van der Waals surface area (Å²) in [5.41, 5.74) is 1.89. The van der Waals surface area contributed by atoms with Gasteiger partial charge < -0.3 is 5.32 Å². The van der Waals surface area contributed by atoms with Gasteiger partial charge >= 0.3 is 0 Å². The van der Waals surface area contributed by atoms with Crippen molar-refractivity contribution in [1.82, 2.24) is 5.32 Å². The molecule has 0 unspecified atom stereocenters. The van der Waals surface area contributed by atoms with Crippen LogP contribution in [0.2, 0.25) is 0 Å². The average molecular weight is 139 g/mol. The molecule has 58 valence electrons. The van der Waals surface area contributed by atoms with Gasteiger partial charge in [-0.25, -0.2) is 0 Å². The van der Waals surface area contributed by atoms with Crippen molar-refractivity contribution < 1.29 is 0 Å². The van der Waals surface area contributed by atoms with Crippen LogP contribution >= 0.6 is 0 Å². The Morgan fingerprint density at radius 3 is 2.50 bits per heavy atom. The van der Waals surface area contributed by atoms with Crippen molar-refractivity contribution in [3.05, 3.63) is 11.6 Å². The molecule has 10 heavy (non-hydrogen) atoms. The van der Waals surface area contributed by atoms with E-state index in [1.807, 2.05) is 0 Å². The third kappa shape index (κ3) is 2.53. The predicted molar refractivity (Wildman–Crippen MR) is 45.1 cm³/mol. The minimum atomic E-state index is 0.492. The van der Waals surface area contributed by atoms with Crippen molar-refractivity contribution in [2.75, 3.05) is 6.54 Å². The standard InChI is InChI=1S/C9H17N/c1-8(2)4-7-10-9(3)5-6-9/h4,10H,5-7H2,1-3H3. The van der Waals surface area contributed by atoms with Crippen molar-refractivity contribution >= 4 is 0 Å². The molecule has 0 atom stereocenters. The Morgan fingerprint density at radius 1 is 1.50 bits per heavy atom. The maximum absolute atomic E-state index is 3.49. The van der Waals surface area contributed by atoms with E-state index in [0.717, 1.165) is 6.54 Å². The summed E-state index contributed by atoms with van der Waals surface area (Å²) in [4.78, 5) is 0. The highest BCUT2D eigenvalue weighted by molar-refractivity contribution is 5.02. The molecule has 0 bridgehead atoms. The highest BCUT2D eigenvalue weighted by Gasteiger charge is 2.35. The molecule has 1 N–H and O–H groups in total. The summed E-state index contributed by atoms with van der Waals surface area (Å²) in [5, 5.41) is 3.49. The number of nitrogens with one attached hydrogen (secondary N) is 1. The molecule has 1 aliphatic rings. The van der Waals surface area contributed by atoms with Gasteiger partial charge in [0.2, 0.25) is 0 Å². The van der Waals surface area contributed by atoms with Gasteiger partial charge in [0.25, 0.3) is 0 Å². The number of rotatable bonds is 3. The summed E-state index contributed by atoms with van der Waals surface area (Å²) in [6, 6.07) is 0. The molecule has 1 rings (SSSR count). The molecule has 0 radical (unpaired) electrons. The predicted octanol–water partition coefficient (Wildman–Crippen LogP) is 2.09. The number of allylic oxidation sites excluding steroid dienone is 1. The second-order valence-electron chi connectivity index (χ2n) is 3.72. The lowest BCUT2D eigenvalue weighted by atomic mass is 10.3. The first-order chi connectivity index (χ1) is 4.62. The second kappa shape index (κ2) is 2.75. The molecular formula is C9H17N. The summed E-state index contributed by atoms with van der Waals surface area (Å²) in [6.45, 7) is 7.60. The van der Waals surface area contributed by atoms with E-state index in [1.165, 1.54) is 18.4 Å². The van der Waals surface area contributed by atoms with Crippen molar-refractivity contribution in [2.45, 2.75) is 39.2 Å². The van der Waals surface area contributed by atoms with E-state index < -0.39 is 0 Å². The second-order valence-corrected chi connectivity index (χ2v) is 3.72. The zero-order valence-electron chi connectivity index (χ0n) is 7.20. The molecular weight excluding hydrogens is 122 g/mol. The fourth-order valence-electron chi connectivity index (χ4n) is 0.866. The zero-order valence-corrected chi connectivity index (χ0v) is 7.20. The molecule has 0 aliphatic heterocycles. The van der Waals surface area contributed by atoms with E-state index in [9.17, 15) is 0 Å². The van der Waals surface area contributed by atoms with Gasteiger partial charge in [-0.1, -0.05) is 11.6 Å². The maximum atomic E-state index is 3.49. The van der Waals surface area contributed by atoms with Gasteiger partial charge in [0.1, 0.15) is 0 Å². The van der Waals surface area contributed by atoms with Crippen LogP contribution in [0.3, 0.4) is 0 Å². The van der Waals surface area contributed by atoms with Crippen LogP contribution in [0.15, 0.2) is 11.6 Å². The van der Waals surface area contributed by atoms with Crippen LogP contribution in [-0.2, 0) is 0 Å². The molecule has 1 saturated carbocycles. The highest BCUT2D eigenvalue weighted by atomic mass is 15.0. The largest absolute Gasteiger partial charge is 0.308 e. The lowest BCUT2D eigenvalue weighted by Gasteiger charge is -2.07. The normalized spacial score (nSPS) is 20.3. The summed E-state index contributed by atoms with van der Waals surface area (Å²) in [7, 11) is 0. The molecule has 1 heteroatoms. The van der Waals surface area contributed by atoms with Gasteiger partial charge in [-0.3, -0.25) is 0 Å². The Labute approximate surface area is 63.5 Å². The van der Waals surface area contributed by atoms with Crippen LogP contribution in [-0.4, -0.2) is 12.1 Å². The van der Waals surface area contributed by atoms with Crippen molar-refractivity contribution in [3.8, 4) is 0 Å². The Balaban J connectivity index is 2.11. The lowest BCUT2D eigenvalue weighted by Crippen LogP contribution is -2.27. The third-order valence-corrected chi connectivity index (χ3v) is 2.04. The van der Waals surface area contributed by atoms with Gasteiger partial charge in [0, 0.05) is 12.1 Å². The van der Waals surface area contributed by atoms with Gasteiger partial charge in [-0.2, -0.15) is 0 Å². The molecule has 0 saturated heterocycles. The van der Waals surface area contributed by atoms with Crippen molar-refractivity contribution in [1.29, 1.82) is 0 Å². The SMILES string of the molecule is CC(C)=CCNC1(C)CC1. The highest BCUT2D eigenvalue weighted by Crippen LogP contribution is 2.33. The minimum Gasteiger partial charge on any atom is -0.308 e. The monoisotopic (exact) mass is 139 g/mol. The third-order valence-electron chi connectivity index (χ3n) is 2.04. The molecule has 0 aromatic carbocycles. The van der Waals surface area contributed by atoms with E-state index in [4.69, 9.17) is 0 Å². The van der Waals surface area contributed by atoms with Gasteiger partial charge in [-0.15, -0.1) is 0 Å². The fraction of sp³-hybridized carbons (Fsp3) is 0.778. The first kappa shape index (κ1) is 7.80. The minimum absolute atomic E-state index is 0.492. The molecule has 0 aromatic rings. The van der Waals surface area contributed by atoms with Crippen LogP contribution in [0.5, 0.6) is 0 Å². The molecule has 0 spiro atoms. The molecule has 0 aromatic heterocycles. The van der Waals surface area contributed by atoms with E-state index in [2.05, 4.69) is 32.2 Å². The van der Waals surface area contributed by atoms with Crippen LogP contribution in [0, 0.1) is 0 Å². The van der Waals surface area contributed by atoms with Gasteiger partial charge in [0.05, 0.1) is 0 Å². The van der Waals surface area contributed by atoms with E-state index in [0.29, 0.717) is 5.54 Å². The maximum Gasteiger partial charge on any atom is 0.0157 e. The van der Waals surface area contributed by atoms with Gasteiger partial charge in [0.15, 0.2) is 0 Å². The molecule has 0 heterocycles. The average Bonchev–Trinajstić information content (AvgIpc) is 2.47. The lowest BCUT2D eigenvalue weighted by molar-refractivity contribution is 0.575. The van der Waals surface area contributed by atoms with Crippen LogP contribution < -0.4 is 5.32 Å². The molecule has 0 amide bonds. The van der Waals surface area contributed by atoms with Crippen molar-refractivity contribution in [2.24, 2.45) is 0 Å². The Bertz CT molecular complexity index is 139. The Kier molecular flexibility index (Phi) is 2.14. The van der Waals surface area contributed by atoms with Crippen LogP contribution in [0.25, 0.3) is 0 Å². The Morgan fingerprint density at radius 2 is 2.10 bits per heavy atom. The molecule has 1 fully saturated rings. The first-order valence-electron chi connectivity index (χ1n) is 4.01. The summed E-state index contributed by atoms with van der Waals surface area (Å²) in [6.07, 6.45) is 4.94. The molecule has 1 aliphatic carbocycles. The van der Waals surface area contributed by atoms with E-state index >= 15 is 0 Å². The Hall–Kier alpha value is -0.300. The van der Waals surface area contributed by atoms with Crippen molar-refractivity contribution in [3.63, 3.8) is 0 Å². The molecule has 1 nitrogen and oxygen atoms in total.